The van der Waals surface area contributed by atoms with Crippen molar-refractivity contribution in [2.75, 3.05) is 31.6 Å². The molecule has 0 aliphatic carbocycles. The Morgan fingerprint density at radius 2 is 2.00 bits per heavy atom. The van der Waals surface area contributed by atoms with E-state index in [2.05, 4.69) is 37.1 Å². The number of carbonyl (C=O) groups excluding carboxylic acids is 1. The zero-order valence-corrected chi connectivity index (χ0v) is 15.8. The Morgan fingerprint density at radius 3 is 2.73 bits per heavy atom. The molecule has 4 rings (SSSR count). The average Bonchev–Trinajstić information content (AvgIpc) is 2.95. The van der Waals surface area contributed by atoms with Gasteiger partial charge >= 0.3 is 0 Å². The van der Waals surface area contributed by atoms with E-state index in [1.807, 2.05) is 31.2 Å². The average molecular weight is 351 g/mol. The number of anilines is 1. The van der Waals surface area contributed by atoms with Crippen molar-refractivity contribution in [2.24, 2.45) is 0 Å². The second kappa shape index (κ2) is 6.76. The maximum absolute atomic E-state index is 13.4. The van der Waals surface area contributed by atoms with Crippen LogP contribution < -0.4 is 14.5 Å². The molecule has 0 aromatic heterocycles. The van der Waals surface area contributed by atoms with Crippen LogP contribution >= 0.6 is 0 Å². The van der Waals surface area contributed by atoms with E-state index in [9.17, 15) is 4.79 Å². The number of fused-ring (bicyclic) bond motifs is 3. The summed E-state index contributed by atoms with van der Waals surface area (Å²) in [6.45, 7) is 6.93. The van der Waals surface area contributed by atoms with Gasteiger partial charge in [-0.1, -0.05) is 17.7 Å². The Kier molecular flexibility index (Phi) is 4.45. The standard InChI is InChI=1S/C22H26N2O2/c1-4-26-17-8-6-16(7-9-17)22(25)24-20-10-5-15(2)13-18(20)19-14-23(3)12-11-21(19)24/h5-10,13,19,21H,4,11-12,14H2,1-3H3/p+1/t19-,21+/m0/s1. The SMILES string of the molecule is CCOc1ccc(C(=O)N2c3ccc(C)cc3[C@@H]3C[NH+](C)CC[C@H]32)cc1. The lowest BCUT2D eigenvalue weighted by Gasteiger charge is -2.34. The van der Waals surface area contributed by atoms with Gasteiger partial charge in [-0.15, -0.1) is 0 Å². The molecular formula is C22H27N2O2+. The van der Waals surface area contributed by atoms with Crippen LogP contribution in [0.5, 0.6) is 5.75 Å². The molecule has 2 heterocycles. The lowest BCUT2D eigenvalue weighted by atomic mass is 9.88. The lowest BCUT2D eigenvalue weighted by molar-refractivity contribution is -0.886. The molecule has 2 aromatic rings. The molecule has 1 N–H and O–H groups in total. The minimum absolute atomic E-state index is 0.102. The summed E-state index contributed by atoms with van der Waals surface area (Å²) in [4.78, 5) is 17.0. The van der Waals surface area contributed by atoms with Crippen molar-refractivity contribution in [3.63, 3.8) is 0 Å². The predicted molar refractivity (Wildman–Crippen MR) is 103 cm³/mol. The molecule has 2 aromatic carbocycles. The molecular weight excluding hydrogens is 324 g/mol. The molecule has 0 radical (unpaired) electrons. The molecule has 1 amide bonds. The third kappa shape index (κ3) is 2.88. The van der Waals surface area contributed by atoms with E-state index in [-0.39, 0.29) is 11.9 Å². The number of carbonyl (C=O) groups is 1. The normalized spacial score (nSPS) is 24.1. The van der Waals surface area contributed by atoms with E-state index < -0.39 is 0 Å². The zero-order chi connectivity index (χ0) is 18.3. The first-order valence-electron chi connectivity index (χ1n) is 9.56. The van der Waals surface area contributed by atoms with Gasteiger partial charge in [-0.25, -0.2) is 0 Å². The van der Waals surface area contributed by atoms with E-state index in [4.69, 9.17) is 4.74 Å². The summed E-state index contributed by atoms with van der Waals surface area (Å²) in [6.07, 6.45) is 1.05. The topological polar surface area (TPSA) is 34.0 Å². The second-order valence-electron chi connectivity index (χ2n) is 7.57. The Balaban J connectivity index is 1.70. The van der Waals surface area contributed by atoms with Crippen LogP contribution in [0.15, 0.2) is 42.5 Å². The Morgan fingerprint density at radius 1 is 1.23 bits per heavy atom. The van der Waals surface area contributed by atoms with Crippen LogP contribution in [0.3, 0.4) is 0 Å². The molecule has 2 aliphatic heterocycles. The van der Waals surface area contributed by atoms with Crippen LogP contribution in [-0.2, 0) is 0 Å². The summed E-state index contributed by atoms with van der Waals surface area (Å²) in [5, 5.41) is 0. The van der Waals surface area contributed by atoms with Gasteiger partial charge in [-0.2, -0.15) is 0 Å². The van der Waals surface area contributed by atoms with E-state index in [0.717, 1.165) is 36.5 Å². The highest BCUT2D eigenvalue weighted by Crippen LogP contribution is 2.43. The molecule has 4 nitrogen and oxygen atoms in total. The highest BCUT2D eigenvalue weighted by atomic mass is 16.5. The summed E-state index contributed by atoms with van der Waals surface area (Å²) >= 11 is 0. The third-order valence-corrected chi connectivity index (χ3v) is 5.70. The van der Waals surface area contributed by atoms with E-state index >= 15 is 0 Å². The van der Waals surface area contributed by atoms with Crippen LogP contribution in [0, 0.1) is 6.92 Å². The van der Waals surface area contributed by atoms with Gasteiger partial charge in [0.1, 0.15) is 5.75 Å². The number of benzene rings is 2. The summed E-state index contributed by atoms with van der Waals surface area (Å²) < 4.78 is 5.51. The third-order valence-electron chi connectivity index (χ3n) is 5.70. The Labute approximate surface area is 155 Å². The smallest absolute Gasteiger partial charge is 0.258 e. The van der Waals surface area contributed by atoms with E-state index in [1.165, 1.54) is 11.1 Å². The number of piperidine rings is 1. The van der Waals surface area contributed by atoms with Crippen molar-refractivity contribution in [3.8, 4) is 5.75 Å². The highest BCUT2D eigenvalue weighted by Gasteiger charge is 2.45. The van der Waals surface area contributed by atoms with Crippen molar-refractivity contribution < 1.29 is 14.4 Å². The molecule has 1 fully saturated rings. The van der Waals surface area contributed by atoms with Crippen molar-refractivity contribution in [2.45, 2.75) is 32.2 Å². The van der Waals surface area contributed by atoms with Crippen molar-refractivity contribution >= 4 is 11.6 Å². The van der Waals surface area contributed by atoms with Gasteiger partial charge in [-0.3, -0.25) is 4.79 Å². The van der Waals surface area contributed by atoms with Crippen molar-refractivity contribution in [3.05, 3.63) is 59.2 Å². The van der Waals surface area contributed by atoms with Crippen LogP contribution in [-0.4, -0.2) is 38.7 Å². The number of rotatable bonds is 3. The van der Waals surface area contributed by atoms with Crippen LogP contribution in [0.2, 0.25) is 0 Å². The molecule has 26 heavy (non-hydrogen) atoms. The van der Waals surface area contributed by atoms with Gasteiger partial charge in [0, 0.05) is 17.7 Å². The zero-order valence-electron chi connectivity index (χ0n) is 15.8. The number of amides is 1. The largest absolute Gasteiger partial charge is 0.494 e. The van der Waals surface area contributed by atoms with Crippen LogP contribution in [0.25, 0.3) is 0 Å². The summed E-state index contributed by atoms with van der Waals surface area (Å²) in [7, 11) is 2.25. The first kappa shape index (κ1) is 17.1. The van der Waals surface area contributed by atoms with Crippen molar-refractivity contribution in [1.82, 2.24) is 0 Å². The predicted octanol–water partition coefficient (Wildman–Crippen LogP) is 2.42. The Bertz CT molecular complexity index is 815. The fourth-order valence-electron chi connectivity index (χ4n) is 4.46. The summed E-state index contributed by atoms with van der Waals surface area (Å²) in [5.41, 5.74) is 4.43. The molecule has 0 saturated carbocycles. The van der Waals surface area contributed by atoms with Gasteiger partial charge in [0.2, 0.25) is 0 Å². The lowest BCUT2D eigenvalue weighted by Crippen LogP contribution is -3.11. The highest BCUT2D eigenvalue weighted by molar-refractivity contribution is 6.08. The van der Waals surface area contributed by atoms with Gasteiger partial charge in [0.25, 0.3) is 5.91 Å². The number of hydrogen-bond donors (Lipinski definition) is 1. The van der Waals surface area contributed by atoms with Gasteiger partial charge in [-0.05, 0) is 49.7 Å². The number of quaternary nitrogens is 1. The fraction of sp³-hybridized carbons (Fsp3) is 0.409. The molecule has 3 atom stereocenters. The number of ether oxygens (including phenoxy) is 1. The number of nitrogens with one attached hydrogen (secondary N) is 1. The number of nitrogens with zero attached hydrogens (tertiary/aromatic N) is 1. The molecule has 1 unspecified atom stereocenters. The molecule has 4 heteroatoms. The molecule has 0 spiro atoms. The second-order valence-corrected chi connectivity index (χ2v) is 7.57. The van der Waals surface area contributed by atoms with E-state index in [0.29, 0.717) is 12.5 Å². The molecule has 136 valence electrons. The molecule has 2 aliphatic rings. The summed E-state index contributed by atoms with van der Waals surface area (Å²) in [6, 6.07) is 14.3. The van der Waals surface area contributed by atoms with Crippen molar-refractivity contribution in [1.29, 1.82) is 0 Å². The number of aryl methyl sites for hydroxylation is 1. The number of hydrogen-bond acceptors (Lipinski definition) is 2. The maximum Gasteiger partial charge on any atom is 0.258 e. The first-order chi connectivity index (χ1) is 12.6. The monoisotopic (exact) mass is 351 g/mol. The fourth-order valence-corrected chi connectivity index (χ4v) is 4.46. The number of likely N-dealkylation sites (N-methyl/N-ethyl adjacent to an activating group) is 1. The maximum atomic E-state index is 13.4. The van der Waals surface area contributed by atoms with Crippen LogP contribution in [0.4, 0.5) is 5.69 Å². The van der Waals surface area contributed by atoms with E-state index in [1.54, 1.807) is 4.90 Å². The summed E-state index contributed by atoms with van der Waals surface area (Å²) in [5.74, 6) is 1.35. The van der Waals surface area contributed by atoms with Crippen LogP contribution in [0.1, 0.15) is 40.7 Å². The van der Waals surface area contributed by atoms with Gasteiger partial charge in [0.15, 0.2) is 0 Å². The Hall–Kier alpha value is -2.33. The minimum atomic E-state index is 0.102. The minimum Gasteiger partial charge on any atom is -0.494 e. The van der Waals surface area contributed by atoms with Gasteiger partial charge < -0.3 is 14.5 Å². The number of likely N-dealkylation sites (tertiary alicyclic amines) is 1. The molecule has 0 bridgehead atoms. The quantitative estimate of drug-likeness (QED) is 0.922. The first-order valence-corrected chi connectivity index (χ1v) is 9.56. The van der Waals surface area contributed by atoms with Gasteiger partial charge in [0.05, 0.1) is 38.7 Å². The molecule has 1 saturated heterocycles.